The number of aryl methyl sites for hydroxylation is 2. The fourth-order valence-corrected chi connectivity index (χ4v) is 4.19. The van der Waals surface area contributed by atoms with Gasteiger partial charge in [0, 0.05) is 27.5 Å². The zero-order valence-corrected chi connectivity index (χ0v) is 15.3. The third-order valence-electron chi connectivity index (χ3n) is 4.41. The first kappa shape index (κ1) is 16.5. The summed E-state index contributed by atoms with van der Waals surface area (Å²) >= 11 is 7.58. The SMILES string of the molecule is Cc1oc(-c2cccc(Cl)c2)cc1CSc1nc2c(c(=O)[nH]1)CCC2. The van der Waals surface area contributed by atoms with Crippen molar-refractivity contribution in [1.29, 1.82) is 0 Å². The summed E-state index contributed by atoms with van der Waals surface area (Å²) in [6.45, 7) is 1.95. The highest BCUT2D eigenvalue weighted by Gasteiger charge is 2.18. The van der Waals surface area contributed by atoms with Gasteiger partial charge in [0.05, 0.1) is 5.69 Å². The number of nitrogens with one attached hydrogen (secondary N) is 1. The van der Waals surface area contributed by atoms with Gasteiger partial charge in [-0.15, -0.1) is 0 Å². The zero-order valence-electron chi connectivity index (χ0n) is 13.8. The number of aromatic amines is 1. The lowest BCUT2D eigenvalue weighted by molar-refractivity contribution is 0.545. The summed E-state index contributed by atoms with van der Waals surface area (Å²) in [5, 5.41) is 1.36. The zero-order chi connectivity index (χ0) is 17.4. The molecule has 0 fully saturated rings. The fourth-order valence-electron chi connectivity index (χ4n) is 3.08. The normalized spacial score (nSPS) is 13.2. The molecule has 0 saturated carbocycles. The van der Waals surface area contributed by atoms with Crippen LogP contribution in [0.2, 0.25) is 5.02 Å². The van der Waals surface area contributed by atoms with Crippen molar-refractivity contribution >= 4 is 23.4 Å². The number of furan rings is 1. The average molecular weight is 373 g/mol. The molecule has 0 atom stereocenters. The molecule has 0 saturated heterocycles. The maximum Gasteiger partial charge on any atom is 0.254 e. The third-order valence-corrected chi connectivity index (χ3v) is 5.57. The number of nitrogens with zero attached hydrogens (tertiary/aromatic N) is 1. The monoisotopic (exact) mass is 372 g/mol. The minimum Gasteiger partial charge on any atom is -0.461 e. The summed E-state index contributed by atoms with van der Waals surface area (Å²) in [7, 11) is 0. The Hall–Kier alpha value is -1.98. The highest BCUT2D eigenvalue weighted by atomic mass is 35.5. The number of hydrogen-bond donors (Lipinski definition) is 1. The number of halogens is 1. The first-order valence-corrected chi connectivity index (χ1v) is 9.56. The van der Waals surface area contributed by atoms with Gasteiger partial charge in [-0.3, -0.25) is 4.79 Å². The van der Waals surface area contributed by atoms with Crippen molar-refractivity contribution in [2.24, 2.45) is 0 Å². The van der Waals surface area contributed by atoms with Crippen molar-refractivity contribution in [3.8, 4) is 11.3 Å². The molecule has 0 unspecified atom stereocenters. The second kappa shape index (κ2) is 6.73. The summed E-state index contributed by atoms with van der Waals surface area (Å²) in [5.74, 6) is 2.36. The lowest BCUT2D eigenvalue weighted by atomic mass is 10.1. The van der Waals surface area contributed by atoms with E-state index in [-0.39, 0.29) is 5.56 Å². The Morgan fingerprint density at radius 2 is 2.20 bits per heavy atom. The molecule has 2 aromatic heterocycles. The molecule has 2 heterocycles. The molecule has 6 heteroatoms. The minimum absolute atomic E-state index is 0.00790. The van der Waals surface area contributed by atoms with Crippen molar-refractivity contribution in [3.05, 3.63) is 68.3 Å². The lowest BCUT2D eigenvalue weighted by Crippen LogP contribution is -2.14. The summed E-state index contributed by atoms with van der Waals surface area (Å²) in [5.41, 5.74) is 3.86. The second-order valence-corrected chi connectivity index (χ2v) is 7.54. The van der Waals surface area contributed by atoms with Crippen LogP contribution in [0.25, 0.3) is 11.3 Å². The maximum absolute atomic E-state index is 12.1. The Kier molecular flexibility index (Phi) is 4.44. The van der Waals surface area contributed by atoms with Crippen molar-refractivity contribution < 1.29 is 4.42 Å². The quantitative estimate of drug-likeness (QED) is 0.529. The molecule has 0 radical (unpaired) electrons. The molecule has 1 aliphatic rings. The molecule has 1 aromatic carbocycles. The maximum atomic E-state index is 12.1. The van der Waals surface area contributed by atoms with E-state index >= 15 is 0 Å². The molecule has 3 aromatic rings. The molecule has 1 N–H and O–H groups in total. The molecule has 0 amide bonds. The van der Waals surface area contributed by atoms with Crippen LogP contribution in [0.4, 0.5) is 0 Å². The lowest BCUT2D eigenvalue weighted by Gasteiger charge is -2.03. The van der Waals surface area contributed by atoms with Gasteiger partial charge >= 0.3 is 0 Å². The van der Waals surface area contributed by atoms with E-state index in [1.54, 1.807) is 0 Å². The van der Waals surface area contributed by atoms with Gasteiger partial charge in [0.1, 0.15) is 11.5 Å². The highest BCUT2D eigenvalue weighted by Crippen LogP contribution is 2.30. The Labute approximate surface area is 154 Å². The Morgan fingerprint density at radius 1 is 1.32 bits per heavy atom. The third kappa shape index (κ3) is 3.39. The van der Waals surface area contributed by atoms with Crippen molar-refractivity contribution in [3.63, 3.8) is 0 Å². The van der Waals surface area contributed by atoms with Gasteiger partial charge in [-0.2, -0.15) is 0 Å². The average Bonchev–Trinajstić information content (AvgIpc) is 3.20. The van der Waals surface area contributed by atoms with E-state index in [9.17, 15) is 4.79 Å². The number of H-pyrrole nitrogens is 1. The van der Waals surface area contributed by atoms with Crippen LogP contribution in [0.15, 0.2) is 44.7 Å². The van der Waals surface area contributed by atoms with E-state index < -0.39 is 0 Å². The van der Waals surface area contributed by atoms with Gasteiger partial charge in [0.25, 0.3) is 5.56 Å². The number of hydrogen-bond acceptors (Lipinski definition) is 4. The largest absolute Gasteiger partial charge is 0.461 e. The summed E-state index contributed by atoms with van der Waals surface area (Å²) in [4.78, 5) is 19.6. The fraction of sp³-hybridized carbons (Fsp3) is 0.263. The molecule has 25 heavy (non-hydrogen) atoms. The van der Waals surface area contributed by atoms with Crippen LogP contribution in [-0.2, 0) is 18.6 Å². The van der Waals surface area contributed by atoms with Crippen LogP contribution in [-0.4, -0.2) is 9.97 Å². The predicted molar refractivity (Wildman–Crippen MR) is 100 cm³/mol. The highest BCUT2D eigenvalue weighted by molar-refractivity contribution is 7.98. The van der Waals surface area contributed by atoms with Gasteiger partial charge in [0.15, 0.2) is 5.16 Å². The Balaban J connectivity index is 1.54. The number of benzene rings is 1. The standard InChI is InChI=1S/C19H17ClN2O2S/c1-11-13(9-17(24-11)12-4-2-5-14(20)8-12)10-25-19-21-16-7-3-6-15(16)18(23)22-19/h2,4-5,8-9H,3,6-7,10H2,1H3,(H,21,22,23). The van der Waals surface area contributed by atoms with Crippen molar-refractivity contribution in [2.75, 3.05) is 0 Å². The van der Waals surface area contributed by atoms with Crippen LogP contribution in [0, 0.1) is 6.92 Å². The van der Waals surface area contributed by atoms with E-state index in [4.69, 9.17) is 16.0 Å². The molecule has 1 aliphatic carbocycles. The van der Waals surface area contributed by atoms with E-state index in [0.29, 0.717) is 15.9 Å². The van der Waals surface area contributed by atoms with Gasteiger partial charge in [-0.1, -0.05) is 35.5 Å². The molecule has 0 spiro atoms. The van der Waals surface area contributed by atoms with Crippen molar-refractivity contribution in [1.82, 2.24) is 9.97 Å². The van der Waals surface area contributed by atoms with Crippen LogP contribution in [0.1, 0.15) is 29.0 Å². The first-order valence-electron chi connectivity index (χ1n) is 8.20. The van der Waals surface area contributed by atoms with Crippen molar-refractivity contribution in [2.45, 2.75) is 37.1 Å². The van der Waals surface area contributed by atoms with Crippen LogP contribution >= 0.6 is 23.4 Å². The molecule has 4 nitrogen and oxygen atoms in total. The first-order chi connectivity index (χ1) is 12.1. The van der Waals surface area contributed by atoms with E-state index in [1.807, 2.05) is 37.3 Å². The van der Waals surface area contributed by atoms with E-state index in [1.165, 1.54) is 11.8 Å². The van der Waals surface area contributed by atoms with Gasteiger partial charge < -0.3 is 9.40 Å². The molecule has 128 valence electrons. The number of aromatic nitrogens is 2. The summed E-state index contributed by atoms with van der Waals surface area (Å²) in [6.07, 6.45) is 2.76. The number of thioether (sulfide) groups is 1. The predicted octanol–water partition coefficient (Wildman–Crippen LogP) is 4.77. The van der Waals surface area contributed by atoms with Crippen LogP contribution in [0.5, 0.6) is 0 Å². The Morgan fingerprint density at radius 3 is 3.04 bits per heavy atom. The number of rotatable bonds is 4. The summed E-state index contributed by atoms with van der Waals surface area (Å²) in [6, 6.07) is 9.63. The van der Waals surface area contributed by atoms with Gasteiger partial charge in [0.2, 0.25) is 0 Å². The van der Waals surface area contributed by atoms with E-state index in [0.717, 1.165) is 53.2 Å². The van der Waals surface area contributed by atoms with Crippen LogP contribution in [0.3, 0.4) is 0 Å². The van der Waals surface area contributed by atoms with E-state index in [2.05, 4.69) is 9.97 Å². The molecular formula is C19H17ClN2O2S. The molecule has 4 rings (SSSR count). The van der Waals surface area contributed by atoms with Gasteiger partial charge in [-0.05, 0) is 44.4 Å². The number of fused-ring (bicyclic) bond motifs is 1. The smallest absolute Gasteiger partial charge is 0.254 e. The topological polar surface area (TPSA) is 58.9 Å². The molecule has 0 aliphatic heterocycles. The minimum atomic E-state index is 0.00790. The molecular weight excluding hydrogens is 356 g/mol. The van der Waals surface area contributed by atoms with Gasteiger partial charge in [-0.25, -0.2) is 4.98 Å². The molecule has 0 bridgehead atoms. The van der Waals surface area contributed by atoms with Crippen LogP contribution < -0.4 is 5.56 Å². The second-order valence-electron chi connectivity index (χ2n) is 6.14. The summed E-state index contributed by atoms with van der Waals surface area (Å²) < 4.78 is 5.88. The Bertz CT molecular complexity index is 993.